The first-order valence-corrected chi connectivity index (χ1v) is 7.69. The van der Waals surface area contributed by atoms with Crippen molar-refractivity contribution in [3.63, 3.8) is 0 Å². The Morgan fingerprint density at radius 1 is 1.53 bits per heavy atom. The van der Waals surface area contributed by atoms with Crippen LogP contribution in [0.5, 0.6) is 0 Å². The first-order valence-electron chi connectivity index (χ1n) is 6.57. The summed E-state index contributed by atoms with van der Waals surface area (Å²) >= 11 is 3.52. The lowest BCUT2D eigenvalue weighted by molar-refractivity contribution is 0.243. The van der Waals surface area contributed by atoms with Crippen LogP contribution in [0, 0.1) is 0 Å². The molecule has 1 atom stereocenters. The molecule has 2 rings (SSSR count). The van der Waals surface area contributed by atoms with E-state index in [0.717, 1.165) is 24.3 Å². The fourth-order valence-electron chi connectivity index (χ4n) is 2.71. The first kappa shape index (κ1) is 13.1. The van der Waals surface area contributed by atoms with Gasteiger partial charge in [-0.1, -0.05) is 15.9 Å². The molecule has 0 radical (unpaired) electrons. The van der Waals surface area contributed by atoms with Crippen LogP contribution in [0.1, 0.15) is 31.5 Å². The predicted molar refractivity (Wildman–Crippen MR) is 74.5 cm³/mol. The van der Waals surface area contributed by atoms with Gasteiger partial charge in [0, 0.05) is 43.8 Å². The summed E-state index contributed by atoms with van der Waals surface area (Å²) < 4.78 is 2.13. The molecule has 0 bridgehead atoms. The molecule has 0 N–H and O–H groups in total. The smallest absolute Gasteiger partial charge is 0.109 e. The third kappa shape index (κ3) is 3.55. The van der Waals surface area contributed by atoms with E-state index in [0.29, 0.717) is 0 Å². The van der Waals surface area contributed by atoms with Gasteiger partial charge < -0.3 is 4.57 Å². The van der Waals surface area contributed by atoms with Crippen LogP contribution in [-0.4, -0.2) is 38.9 Å². The van der Waals surface area contributed by atoms with Gasteiger partial charge in [-0.05, 0) is 32.2 Å². The van der Waals surface area contributed by atoms with Gasteiger partial charge in [0.05, 0.1) is 0 Å². The number of nitrogens with zero attached hydrogens (tertiary/aromatic N) is 3. The fraction of sp³-hybridized carbons (Fsp3) is 0.769. The van der Waals surface area contributed by atoms with E-state index in [9.17, 15) is 0 Å². The van der Waals surface area contributed by atoms with Gasteiger partial charge in [-0.25, -0.2) is 4.98 Å². The fourth-order valence-corrected chi connectivity index (χ4v) is 3.03. The van der Waals surface area contributed by atoms with Gasteiger partial charge in [0.1, 0.15) is 5.82 Å². The molecular formula is C13H22BrN3. The highest BCUT2D eigenvalue weighted by atomic mass is 79.9. The van der Waals surface area contributed by atoms with E-state index in [1.54, 1.807) is 0 Å². The van der Waals surface area contributed by atoms with Crippen LogP contribution < -0.4 is 0 Å². The first-order chi connectivity index (χ1) is 8.31. The molecule has 1 aromatic rings. The standard InChI is InChI=1S/C13H22BrN3/c1-16-11-8-15-13(16)6-10-17-9-3-5-12(17)4-2-7-14/h8,11-12H,2-7,9-10H2,1H3. The highest BCUT2D eigenvalue weighted by Crippen LogP contribution is 2.21. The Balaban J connectivity index is 1.80. The minimum absolute atomic E-state index is 0.813. The van der Waals surface area contributed by atoms with E-state index in [-0.39, 0.29) is 0 Å². The quantitative estimate of drug-likeness (QED) is 0.753. The summed E-state index contributed by atoms with van der Waals surface area (Å²) in [4.78, 5) is 7.04. The monoisotopic (exact) mass is 299 g/mol. The van der Waals surface area contributed by atoms with E-state index < -0.39 is 0 Å². The van der Waals surface area contributed by atoms with Crippen LogP contribution in [0.3, 0.4) is 0 Å². The Labute approximate surface area is 112 Å². The zero-order valence-corrected chi connectivity index (χ0v) is 12.2. The van der Waals surface area contributed by atoms with Gasteiger partial charge >= 0.3 is 0 Å². The molecule has 1 saturated heterocycles. The van der Waals surface area contributed by atoms with Crippen molar-refractivity contribution in [1.82, 2.24) is 14.5 Å². The van der Waals surface area contributed by atoms with Crippen molar-refractivity contribution in [2.45, 2.75) is 38.1 Å². The molecule has 96 valence electrons. The Morgan fingerprint density at radius 2 is 2.41 bits per heavy atom. The molecule has 1 aromatic heterocycles. The average molecular weight is 300 g/mol. The zero-order valence-electron chi connectivity index (χ0n) is 10.6. The normalized spacial score (nSPS) is 21.2. The van der Waals surface area contributed by atoms with Gasteiger partial charge in [-0.2, -0.15) is 0 Å². The lowest BCUT2D eigenvalue weighted by atomic mass is 10.1. The maximum absolute atomic E-state index is 4.39. The number of halogens is 1. The van der Waals surface area contributed by atoms with E-state index in [2.05, 4.69) is 37.4 Å². The second kappa shape index (κ2) is 6.55. The number of rotatable bonds is 6. The maximum atomic E-state index is 4.39. The lowest BCUT2D eigenvalue weighted by Crippen LogP contribution is -2.31. The molecule has 0 spiro atoms. The van der Waals surface area contributed by atoms with Gasteiger partial charge in [-0.3, -0.25) is 4.90 Å². The van der Waals surface area contributed by atoms with Crippen molar-refractivity contribution >= 4 is 15.9 Å². The zero-order chi connectivity index (χ0) is 12.1. The summed E-state index contributed by atoms with van der Waals surface area (Å²) in [7, 11) is 2.08. The topological polar surface area (TPSA) is 21.1 Å². The molecular weight excluding hydrogens is 278 g/mol. The highest BCUT2D eigenvalue weighted by molar-refractivity contribution is 9.09. The van der Waals surface area contributed by atoms with E-state index in [1.807, 2.05) is 12.4 Å². The molecule has 0 amide bonds. The summed E-state index contributed by atoms with van der Waals surface area (Å²) in [6, 6.07) is 0.813. The van der Waals surface area contributed by atoms with Gasteiger partial charge in [-0.15, -0.1) is 0 Å². The van der Waals surface area contributed by atoms with Crippen LogP contribution in [0.2, 0.25) is 0 Å². The molecule has 0 aromatic carbocycles. The van der Waals surface area contributed by atoms with Crippen LogP contribution >= 0.6 is 15.9 Å². The minimum atomic E-state index is 0.813. The lowest BCUT2D eigenvalue weighted by Gasteiger charge is -2.24. The third-order valence-corrected chi connectivity index (χ3v) is 4.27. The number of aromatic nitrogens is 2. The Bertz CT molecular complexity index is 337. The van der Waals surface area contributed by atoms with E-state index in [1.165, 1.54) is 38.1 Å². The van der Waals surface area contributed by atoms with Crippen molar-refractivity contribution < 1.29 is 0 Å². The number of aryl methyl sites for hydroxylation is 1. The second-order valence-electron chi connectivity index (χ2n) is 4.87. The SMILES string of the molecule is Cn1ccnc1CCN1CCCC1CCCBr. The minimum Gasteiger partial charge on any atom is -0.338 e. The van der Waals surface area contributed by atoms with Gasteiger partial charge in [0.25, 0.3) is 0 Å². The third-order valence-electron chi connectivity index (χ3n) is 3.71. The van der Waals surface area contributed by atoms with Crippen molar-refractivity contribution in [2.75, 3.05) is 18.4 Å². The van der Waals surface area contributed by atoms with Crippen molar-refractivity contribution in [3.8, 4) is 0 Å². The summed E-state index contributed by atoms with van der Waals surface area (Å²) in [5, 5.41) is 1.14. The largest absolute Gasteiger partial charge is 0.338 e. The van der Waals surface area contributed by atoms with E-state index >= 15 is 0 Å². The van der Waals surface area contributed by atoms with Crippen LogP contribution in [0.15, 0.2) is 12.4 Å². The molecule has 1 fully saturated rings. The highest BCUT2D eigenvalue weighted by Gasteiger charge is 2.23. The molecule has 0 aliphatic carbocycles. The number of alkyl halides is 1. The number of hydrogen-bond acceptors (Lipinski definition) is 2. The van der Waals surface area contributed by atoms with E-state index in [4.69, 9.17) is 0 Å². The van der Waals surface area contributed by atoms with Gasteiger partial charge in [0.15, 0.2) is 0 Å². The van der Waals surface area contributed by atoms with Crippen LogP contribution in [0.25, 0.3) is 0 Å². The number of likely N-dealkylation sites (tertiary alicyclic amines) is 1. The molecule has 2 heterocycles. The second-order valence-corrected chi connectivity index (χ2v) is 5.66. The van der Waals surface area contributed by atoms with Crippen molar-refractivity contribution in [3.05, 3.63) is 18.2 Å². The molecule has 1 unspecified atom stereocenters. The molecule has 17 heavy (non-hydrogen) atoms. The van der Waals surface area contributed by atoms with Crippen molar-refractivity contribution in [1.29, 1.82) is 0 Å². The average Bonchev–Trinajstić information content (AvgIpc) is 2.93. The Hall–Kier alpha value is -0.350. The Kier molecular flexibility index (Phi) is 5.04. The summed E-state index contributed by atoms with van der Waals surface area (Å²) in [6.07, 6.45) is 10.4. The summed E-state index contributed by atoms with van der Waals surface area (Å²) in [5.74, 6) is 1.20. The van der Waals surface area contributed by atoms with Crippen LogP contribution in [-0.2, 0) is 13.5 Å². The number of hydrogen-bond donors (Lipinski definition) is 0. The summed E-state index contributed by atoms with van der Waals surface area (Å²) in [5.41, 5.74) is 0. The maximum Gasteiger partial charge on any atom is 0.109 e. The van der Waals surface area contributed by atoms with Crippen molar-refractivity contribution in [2.24, 2.45) is 7.05 Å². The Morgan fingerprint density at radius 3 is 3.12 bits per heavy atom. The van der Waals surface area contributed by atoms with Crippen LogP contribution in [0.4, 0.5) is 0 Å². The predicted octanol–water partition coefficient (Wildman–Crippen LogP) is 2.60. The van der Waals surface area contributed by atoms with Gasteiger partial charge in [0.2, 0.25) is 0 Å². The molecule has 1 aliphatic heterocycles. The molecule has 4 heteroatoms. The molecule has 3 nitrogen and oxygen atoms in total. The number of imidazole rings is 1. The summed E-state index contributed by atoms with van der Waals surface area (Å²) in [6.45, 7) is 2.44. The molecule has 0 saturated carbocycles. The molecule has 1 aliphatic rings.